The molecule has 0 unspecified atom stereocenters. The second-order valence-corrected chi connectivity index (χ2v) is 8.55. The van der Waals surface area contributed by atoms with Gasteiger partial charge in [-0.05, 0) is 25.0 Å². The summed E-state index contributed by atoms with van der Waals surface area (Å²) in [5, 5.41) is 14.9. The van der Waals surface area contributed by atoms with Crippen LogP contribution in [0.1, 0.15) is 24.6 Å². The average Bonchev–Trinajstić information content (AvgIpc) is 3.36. The summed E-state index contributed by atoms with van der Waals surface area (Å²) in [6, 6.07) is 5.85. The highest BCUT2D eigenvalue weighted by molar-refractivity contribution is 6.36. The quantitative estimate of drug-likeness (QED) is 0.507. The van der Waals surface area contributed by atoms with Crippen LogP contribution in [-0.4, -0.2) is 73.8 Å². The van der Waals surface area contributed by atoms with Gasteiger partial charge in [0.15, 0.2) is 17.2 Å². The maximum Gasteiger partial charge on any atom is 0.280 e. The molecule has 9 nitrogen and oxygen atoms in total. The van der Waals surface area contributed by atoms with E-state index in [-0.39, 0.29) is 6.61 Å². The Bertz CT molecular complexity index is 1260. The summed E-state index contributed by atoms with van der Waals surface area (Å²) in [5.41, 5.74) is 2.20. The fraction of sp³-hybridized carbons (Fsp3) is 0.429. The van der Waals surface area contributed by atoms with Crippen LogP contribution in [0.4, 0.5) is 5.82 Å². The van der Waals surface area contributed by atoms with Gasteiger partial charge in [-0.1, -0.05) is 22.8 Å². The van der Waals surface area contributed by atoms with Crippen molar-refractivity contribution in [3.05, 3.63) is 35.4 Å². The number of anilines is 1. The fourth-order valence-electron chi connectivity index (χ4n) is 4.26. The number of imidazole rings is 1. The third-order valence-electron chi connectivity index (χ3n) is 6.10. The van der Waals surface area contributed by atoms with Gasteiger partial charge in [-0.3, -0.25) is 9.30 Å². The molecular formula is C21H22ClN7O2. The van der Waals surface area contributed by atoms with Crippen molar-refractivity contribution >= 4 is 34.0 Å². The van der Waals surface area contributed by atoms with E-state index >= 15 is 0 Å². The second-order valence-electron chi connectivity index (χ2n) is 8.14. The Morgan fingerprint density at radius 2 is 1.97 bits per heavy atom. The number of hydrogen-bond donors (Lipinski definition) is 1. The lowest BCUT2D eigenvalue weighted by molar-refractivity contribution is 0.188. The molecule has 1 saturated carbocycles. The number of β-amino-alcohol motifs (C(OH)–C–C–N with tert-alkyl or cyclic N) is 1. The molecule has 0 atom stereocenters. The van der Waals surface area contributed by atoms with E-state index in [1.807, 2.05) is 22.6 Å². The minimum Gasteiger partial charge on any atom is -0.395 e. The van der Waals surface area contributed by atoms with E-state index in [4.69, 9.17) is 21.1 Å². The minimum absolute atomic E-state index is 0.172. The van der Waals surface area contributed by atoms with Crippen LogP contribution in [0.3, 0.4) is 0 Å². The Hall–Kier alpha value is -2.75. The predicted molar refractivity (Wildman–Crippen MR) is 117 cm³/mol. The van der Waals surface area contributed by atoms with Crippen molar-refractivity contribution in [1.29, 1.82) is 0 Å². The van der Waals surface area contributed by atoms with Crippen LogP contribution in [0, 0.1) is 0 Å². The van der Waals surface area contributed by atoms with E-state index in [0.717, 1.165) is 61.6 Å². The van der Waals surface area contributed by atoms with Crippen molar-refractivity contribution in [1.82, 2.24) is 29.4 Å². The molecule has 2 aliphatic rings. The van der Waals surface area contributed by atoms with E-state index in [9.17, 15) is 5.11 Å². The zero-order valence-electron chi connectivity index (χ0n) is 16.9. The highest BCUT2D eigenvalue weighted by Crippen LogP contribution is 2.39. The predicted octanol–water partition coefficient (Wildman–Crippen LogP) is 2.58. The molecule has 0 spiro atoms. The molecule has 1 saturated heterocycles. The number of hydrogen-bond acceptors (Lipinski definition) is 8. The molecular weight excluding hydrogens is 418 g/mol. The molecule has 160 valence electrons. The summed E-state index contributed by atoms with van der Waals surface area (Å²) in [4.78, 5) is 18.7. The van der Waals surface area contributed by atoms with Crippen LogP contribution in [0.15, 0.2) is 29.0 Å². The molecule has 1 N–H and O–H groups in total. The average molecular weight is 440 g/mol. The van der Waals surface area contributed by atoms with Crippen molar-refractivity contribution in [2.24, 2.45) is 0 Å². The van der Waals surface area contributed by atoms with Crippen molar-refractivity contribution in [3.63, 3.8) is 0 Å². The Morgan fingerprint density at radius 1 is 1.13 bits per heavy atom. The Labute approximate surface area is 183 Å². The van der Waals surface area contributed by atoms with Crippen molar-refractivity contribution in [3.8, 4) is 11.6 Å². The molecule has 10 heteroatoms. The third kappa shape index (κ3) is 3.24. The van der Waals surface area contributed by atoms with Gasteiger partial charge in [0, 0.05) is 38.6 Å². The summed E-state index contributed by atoms with van der Waals surface area (Å²) < 4.78 is 7.47. The number of halogens is 1. The summed E-state index contributed by atoms with van der Waals surface area (Å²) in [6.07, 6.45) is 3.95. The SMILES string of the molecule is OCCN1CCN(c2nc3c(-c4nc(C5CC5)no4)ncn3c3cccc(Cl)c23)CC1. The van der Waals surface area contributed by atoms with Gasteiger partial charge in [-0.15, -0.1) is 0 Å². The topological polar surface area (TPSA) is 95.8 Å². The van der Waals surface area contributed by atoms with Gasteiger partial charge < -0.3 is 14.5 Å². The largest absolute Gasteiger partial charge is 0.395 e. The smallest absolute Gasteiger partial charge is 0.280 e. The molecule has 1 aliphatic carbocycles. The molecule has 1 aliphatic heterocycles. The van der Waals surface area contributed by atoms with Gasteiger partial charge in [0.25, 0.3) is 5.89 Å². The maximum absolute atomic E-state index is 9.24. The first-order valence-corrected chi connectivity index (χ1v) is 11.0. The van der Waals surface area contributed by atoms with Gasteiger partial charge in [-0.2, -0.15) is 4.98 Å². The lowest BCUT2D eigenvalue weighted by atomic mass is 10.2. The first kappa shape index (κ1) is 19.0. The molecule has 0 bridgehead atoms. The van der Waals surface area contributed by atoms with Crippen molar-refractivity contribution in [2.75, 3.05) is 44.2 Å². The van der Waals surface area contributed by atoms with E-state index < -0.39 is 0 Å². The van der Waals surface area contributed by atoms with E-state index in [1.54, 1.807) is 6.33 Å². The monoisotopic (exact) mass is 439 g/mol. The van der Waals surface area contributed by atoms with E-state index in [2.05, 4.69) is 24.9 Å². The van der Waals surface area contributed by atoms with Crippen LogP contribution in [-0.2, 0) is 0 Å². The zero-order chi connectivity index (χ0) is 20.9. The van der Waals surface area contributed by atoms with Crippen molar-refractivity contribution < 1.29 is 9.63 Å². The van der Waals surface area contributed by atoms with Crippen LogP contribution in [0.5, 0.6) is 0 Å². The van der Waals surface area contributed by atoms with Crippen LogP contribution >= 0.6 is 11.6 Å². The first-order valence-electron chi connectivity index (χ1n) is 10.6. The maximum atomic E-state index is 9.24. The Kier molecular flexibility index (Phi) is 4.55. The van der Waals surface area contributed by atoms with Crippen LogP contribution in [0.25, 0.3) is 28.1 Å². The van der Waals surface area contributed by atoms with Gasteiger partial charge in [-0.25, -0.2) is 9.97 Å². The lowest BCUT2D eigenvalue weighted by Crippen LogP contribution is -2.47. The first-order chi connectivity index (χ1) is 15.2. The normalized spacial score (nSPS) is 17.8. The number of aliphatic hydroxyl groups excluding tert-OH is 1. The Balaban J connectivity index is 1.48. The number of rotatable bonds is 5. The molecule has 2 fully saturated rings. The molecule has 6 rings (SSSR count). The zero-order valence-corrected chi connectivity index (χ0v) is 17.7. The van der Waals surface area contributed by atoms with E-state index in [0.29, 0.717) is 34.7 Å². The number of piperazine rings is 1. The number of benzene rings is 1. The number of aromatic nitrogens is 5. The lowest BCUT2D eigenvalue weighted by Gasteiger charge is -2.35. The third-order valence-corrected chi connectivity index (χ3v) is 6.42. The van der Waals surface area contributed by atoms with Crippen molar-refractivity contribution in [2.45, 2.75) is 18.8 Å². The number of aliphatic hydroxyl groups is 1. The highest BCUT2D eigenvalue weighted by Gasteiger charge is 2.30. The van der Waals surface area contributed by atoms with Gasteiger partial charge in [0.1, 0.15) is 12.1 Å². The molecule has 3 aromatic heterocycles. The standard InChI is InChI=1S/C21H22ClN7O2/c22-14-2-1-3-15-16(14)19(28-8-6-27(7-9-28)10-11-30)25-20-17(23-12-29(15)20)21-24-18(26-31-21)13-4-5-13/h1-3,12-13,30H,4-11H2. The Morgan fingerprint density at radius 3 is 2.74 bits per heavy atom. The van der Waals surface area contributed by atoms with E-state index in [1.165, 1.54) is 0 Å². The van der Waals surface area contributed by atoms with Gasteiger partial charge in [0.05, 0.1) is 22.5 Å². The molecule has 1 aromatic carbocycles. The fourth-order valence-corrected chi connectivity index (χ4v) is 4.51. The summed E-state index contributed by atoms with van der Waals surface area (Å²) in [5.74, 6) is 2.39. The minimum atomic E-state index is 0.172. The van der Waals surface area contributed by atoms with Gasteiger partial charge in [0.2, 0.25) is 0 Å². The molecule has 0 amide bonds. The van der Waals surface area contributed by atoms with Crippen LogP contribution in [0.2, 0.25) is 5.02 Å². The summed E-state index contributed by atoms with van der Waals surface area (Å²) >= 11 is 6.64. The number of fused-ring (bicyclic) bond motifs is 3. The molecule has 31 heavy (non-hydrogen) atoms. The highest BCUT2D eigenvalue weighted by atomic mass is 35.5. The molecule has 4 aromatic rings. The molecule has 0 radical (unpaired) electrons. The van der Waals surface area contributed by atoms with Crippen LogP contribution < -0.4 is 4.90 Å². The molecule has 4 heterocycles. The number of nitrogens with zero attached hydrogens (tertiary/aromatic N) is 7. The second kappa shape index (κ2) is 7.44. The van der Waals surface area contributed by atoms with Gasteiger partial charge >= 0.3 is 0 Å². The summed E-state index contributed by atoms with van der Waals surface area (Å²) in [6.45, 7) is 4.19. The summed E-state index contributed by atoms with van der Waals surface area (Å²) in [7, 11) is 0.